The van der Waals surface area contributed by atoms with Gasteiger partial charge in [-0.15, -0.1) is 0 Å². The number of hydrogen-bond acceptors (Lipinski definition) is 1. The molecule has 0 aliphatic rings. The van der Waals surface area contributed by atoms with Gasteiger partial charge in [-0.3, -0.25) is 0 Å². The lowest BCUT2D eigenvalue weighted by Gasteiger charge is -2.12. The summed E-state index contributed by atoms with van der Waals surface area (Å²) in [6.07, 6.45) is 1.97. The Balaban J connectivity index is 2.61. The topological polar surface area (TPSA) is 37.3 Å². The molecule has 0 aliphatic carbocycles. The van der Waals surface area contributed by atoms with E-state index in [-0.39, 0.29) is 0 Å². The van der Waals surface area contributed by atoms with Crippen molar-refractivity contribution in [3.8, 4) is 11.1 Å². The molecule has 0 saturated carbocycles. The molecule has 0 aliphatic heterocycles. The molecule has 2 rings (SSSR count). The van der Waals surface area contributed by atoms with Crippen molar-refractivity contribution >= 4 is 5.97 Å². The Bertz CT molecular complexity index is 642. The molecule has 2 aromatic carbocycles. The van der Waals surface area contributed by atoms with Crippen LogP contribution in [-0.4, -0.2) is 11.1 Å². The van der Waals surface area contributed by atoms with Crippen LogP contribution in [-0.2, 0) is 12.8 Å². The van der Waals surface area contributed by atoms with Crippen molar-refractivity contribution < 1.29 is 9.90 Å². The van der Waals surface area contributed by atoms with E-state index in [1.165, 1.54) is 11.1 Å². The zero-order chi connectivity index (χ0) is 14.7. The van der Waals surface area contributed by atoms with Crippen LogP contribution in [0.3, 0.4) is 0 Å². The molecule has 0 bridgehead atoms. The zero-order valence-electron chi connectivity index (χ0n) is 12.2. The van der Waals surface area contributed by atoms with E-state index >= 15 is 0 Å². The third-order valence-corrected chi connectivity index (χ3v) is 3.68. The van der Waals surface area contributed by atoms with Crippen LogP contribution in [0.4, 0.5) is 0 Å². The fourth-order valence-electron chi connectivity index (χ4n) is 2.55. The van der Waals surface area contributed by atoms with Crippen molar-refractivity contribution in [2.24, 2.45) is 0 Å². The second kappa shape index (κ2) is 5.91. The molecule has 0 unspecified atom stereocenters. The highest BCUT2D eigenvalue weighted by atomic mass is 16.4. The first-order valence-corrected chi connectivity index (χ1v) is 7.03. The molecule has 0 spiro atoms. The van der Waals surface area contributed by atoms with E-state index in [1.54, 1.807) is 6.07 Å². The normalized spacial score (nSPS) is 10.6. The van der Waals surface area contributed by atoms with Crippen molar-refractivity contribution in [3.63, 3.8) is 0 Å². The molecule has 0 aromatic heterocycles. The molecule has 2 aromatic rings. The summed E-state index contributed by atoms with van der Waals surface area (Å²) in [6.45, 7) is 6.26. The summed E-state index contributed by atoms with van der Waals surface area (Å²) < 4.78 is 0. The monoisotopic (exact) mass is 268 g/mol. The van der Waals surface area contributed by atoms with Gasteiger partial charge in [-0.2, -0.15) is 0 Å². The fourth-order valence-corrected chi connectivity index (χ4v) is 2.55. The lowest BCUT2D eigenvalue weighted by atomic mass is 9.93. The Morgan fingerprint density at radius 3 is 2.30 bits per heavy atom. The van der Waals surface area contributed by atoms with E-state index in [0.29, 0.717) is 5.56 Å². The molecule has 2 nitrogen and oxygen atoms in total. The third-order valence-electron chi connectivity index (χ3n) is 3.68. The van der Waals surface area contributed by atoms with Crippen LogP contribution >= 0.6 is 0 Å². The quantitative estimate of drug-likeness (QED) is 0.887. The molecule has 20 heavy (non-hydrogen) atoms. The van der Waals surface area contributed by atoms with Gasteiger partial charge < -0.3 is 5.11 Å². The Morgan fingerprint density at radius 1 is 1.00 bits per heavy atom. The number of rotatable bonds is 4. The van der Waals surface area contributed by atoms with Gasteiger partial charge in [0.1, 0.15) is 0 Å². The number of aromatic carboxylic acids is 1. The van der Waals surface area contributed by atoms with Gasteiger partial charge in [0.15, 0.2) is 0 Å². The number of carboxylic acids is 1. The molecule has 0 fully saturated rings. The first kappa shape index (κ1) is 14.3. The zero-order valence-corrected chi connectivity index (χ0v) is 12.2. The summed E-state index contributed by atoms with van der Waals surface area (Å²) >= 11 is 0. The van der Waals surface area contributed by atoms with E-state index in [9.17, 15) is 9.90 Å². The molecule has 0 heterocycles. The Labute approximate surface area is 120 Å². The standard InChI is InChI=1S/C18H20O2/c1-4-13-7-8-15(11-14(13)5-2)17-10-12(3)6-9-16(17)18(19)20/h6-11H,4-5H2,1-3H3,(H,19,20). The van der Waals surface area contributed by atoms with Crippen molar-refractivity contribution in [1.82, 2.24) is 0 Å². The first-order chi connectivity index (χ1) is 9.56. The summed E-state index contributed by atoms with van der Waals surface area (Å²) in [6, 6.07) is 11.7. The third kappa shape index (κ3) is 2.74. The molecule has 1 N–H and O–H groups in total. The maximum atomic E-state index is 11.4. The van der Waals surface area contributed by atoms with Crippen molar-refractivity contribution in [2.45, 2.75) is 33.6 Å². The average molecular weight is 268 g/mol. The summed E-state index contributed by atoms with van der Waals surface area (Å²) in [5, 5.41) is 9.35. The van der Waals surface area contributed by atoms with E-state index in [0.717, 1.165) is 29.5 Å². The van der Waals surface area contributed by atoms with Crippen molar-refractivity contribution in [1.29, 1.82) is 0 Å². The number of benzene rings is 2. The summed E-state index contributed by atoms with van der Waals surface area (Å²) in [7, 11) is 0. The van der Waals surface area contributed by atoms with Gasteiger partial charge in [0.2, 0.25) is 0 Å². The molecular weight excluding hydrogens is 248 g/mol. The summed E-state index contributed by atoms with van der Waals surface area (Å²) in [5.41, 5.74) is 5.85. The molecule has 0 atom stereocenters. The molecule has 0 amide bonds. The van der Waals surface area contributed by atoms with Gasteiger partial charge in [0, 0.05) is 0 Å². The Morgan fingerprint density at radius 2 is 1.70 bits per heavy atom. The first-order valence-electron chi connectivity index (χ1n) is 7.03. The highest BCUT2D eigenvalue weighted by molar-refractivity contribution is 5.96. The average Bonchev–Trinajstić information content (AvgIpc) is 2.46. The van der Waals surface area contributed by atoms with Gasteiger partial charge >= 0.3 is 5.97 Å². The molecule has 104 valence electrons. The Hall–Kier alpha value is -2.09. The second-order valence-electron chi connectivity index (χ2n) is 5.04. The van der Waals surface area contributed by atoms with Gasteiger partial charge in [-0.25, -0.2) is 4.79 Å². The Kier molecular flexibility index (Phi) is 4.23. The number of aryl methyl sites for hydroxylation is 3. The SMILES string of the molecule is CCc1ccc(-c2cc(C)ccc2C(=O)O)cc1CC. The van der Waals surface area contributed by atoms with Crippen LogP contribution in [0.25, 0.3) is 11.1 Å². The summed E-state index contributed by atoms with van der Waals surface area (Å²) in [4.78, 5) is 11.4. The minimum absolute atomic E-state index is 0.363. The van der Waals surface area contributed by atoms with Crippen LogP contribution in [0.2, 0.25) is 0 Å². The maximum Gasteiger partial charge on any atom is 0.336 e. The highest BCUT2D eigenvalue weighted by Gasteiger charge is 2.12. The lowest BCUT2D eigenvalue weighted by Crippen LogP contribution is -2.01. The van der Waals surface area contributed by atoms with Gasteiger partial charge in [0.05, 0.1) is 5.56 Å². The van der Waals surface area contributed by atoms with E-state index < -0.39 is 5.97 Å². The second-order valence-corrected chi connectivity index (χ2v) is 5.04. The largest absolute Gasteiger partial charge is 0.478 e. The molecule has 2 heteroatoms. The van der Waals surface area contributed by atoms with Crippen LogP contribution in [0.15, 0.2) is 36.4 Å². The maximum absolute atomic E-state index is 11.4. The smallest absolute Gasteiger partial charge is 0.336 e. The van der Waals surface area contributed by atoms with Crippen molar-refractivity contribution in [2.75, 3.05) is 0 Å². The van der Waals surface area contributed by atoms with Gasteiger partial charge in [-0.1, -0.05) is 49.7 Å². The molecule has 0 saturated heterocycles. The minimum atomic E-state index is -0.877. The van der Waals surface area contributed by atoms with E-state index in [4.69, 9.17) is 0 Å². The number of carboxylic acid groups (broad SMARTS) is 1. The highest BCUT2D eigenvalue weighted by Crippen LogP contribution is 2.27. The predicted molar refractivity (Wildman–Crippen MR) is 82.3 cm³/mol. The fraction of sp³-hybridized carbons (Fsp3) is 0.278. The molecule has 0 radical (unpaired) electrons. The van der Waals surface area contributed by atoms with E-state index in [2.05, 4.69) is 26.0 Å². The lowest BCUT2D eigenvalue weighted by molar-refractivity contribution is 0.0697. The van der Waals surface area contributed by atoms with E-state index in [1.807, 2.05) is 25.1 Å². The van der Waals surface area contributed by atoms with Crippen LogP contribution < -0.4 is 0 Å². The van der Waals surface area contributed by atoms with Crippen LogP contribution in [0, 0.1) is 6.92 Å². The molecular formula is C18H20O2. The van der Waals surface area contributed by atoms with Gasteiger partial charge in [-0.05, 0) is 48.1 Å². The predicted octanol–water partition coefficient (Wildman–Crippen LogP) is 4.49. The number of carbonyl (C=O) groups is 1. The van der Waals surface area contributed by atoms with Crippen molar-refractivity contribution in [3.05, 3.63) is 58.7 Å². The van der Waals surface area contributed by atoms with Gasteiger partial charge in [0.25, 0.3) is 0 Å². The van der Waals surface area contributed by atoms with Crippen LogP contribution in [0.5, 0.6) is 0 Å². The van der Waals surface area contributed by atoms with Crippen LogP contribution in [0.1, 0.15) is 40.9 Å². The number of hydrogen-bond donors (Lipinski definition) is 1. The summed E-state index contributed by atoms with van der Waals surface area (Å²) in [5.74, 6) is -0.877. The minimum Gasteiger partial charge on any atom is -0.478 e.